The van der Waals surface area contributed by atoms with Crippen LogP contribution in [0, 0.1) is 0 Å². The molecule has 25 heavy (non-hydrogen) atoms. The summed E-state index contributed by atoms with van der Waals surface area (Å²) in [5, 5.41) is 2.86. The number of piperidine rings is 1. The summed E-state index contributed by atoms with van der Waals surface area (Å²) in [7, 11) is 0. The van der Waals surface area contributed by atoms with Crippen LogP contribution in [0.1, 0.15) is 23.2 Å². The van der Waals surface area contributed by atoms with Crippen molar-refractivity contribution in [3.05, 3.63) is 36.0 Å². The first-order valence-electron chi connectivity index (χ1n) is 7.60. The number of carbonyl (C=O) groups excluding carboxylic acids is 1. The number of ether oxygens (including phenoxy) is 1. The molecule has 1 aromatic carbocycles. The molecular weight excluding hydrogens is 357 g/mol. The third-order valence-corrected chi connectivity index (χ3v) is 4.30. The van der Waals surface area contributed by atoms with Gasteiger partial charge < -0.3 is 15.0 Å². The Labute approximate surface area is 145 Å². The summed E-state index contributed by atoms with van der Waals surface area (Å²) < 4.78 is 48.8. The first kappa shape index (κ1) is 17.5. The summed E-state index contributed by atoms with van der Waals surface area (Å²) in [6, 6.07) is 5.01. The van der Waals surface area contributed by atoms with Gasteiger partial charge in [0.05, 0.1) is 17.9 Å². The molecule has 6 nitrogen and oxygen atoms in total. The molecule has 1 aromatic heterocycles. The van der Waals surface area contributed by atoms with Crippen molar-refractivity contribution in [2.24, 2.45) is 0 Å². The number of alkyl halides is 3. The molecule has 2 aromatic rings. The van der Waals surface area contributed by atoms with E-state index in [0.29, 0.717) is 0 Å². The van der Waals surface area contributed by atoms with E-state index in [1.807, 2.05) is 0 Å². The smallest absolute Gasteiger partial charge is 0.406 e. The van der Waals surface area contributed by atoms with Crippen LogP contribution in [0.2, 0.25) is 0 Å². The fraction of sp³-hybridized carbons (Fsp3) is 0.400. The lowest BCUT2D eigenvalue weighted by Gasteiger charge is -2.32. The zero-order valence-corrected chi connectivity index (χ0v) is 13.8. The molecule has 134 valence electrons. The highest BCUT2D eigenvalue weighted by molar-refractivity contribution is 6.99. The maximum atomic E-state index is 12.3. The minimum atomic E-state index is -4.79. The Balaban J connectivity index is 1.55. The zero-order valence-electron chi connectivity index (χ0n) is 13.0. The fourth-order valence-corrected chi connectivity index (χ4v) is 3.09. The van der Waals surface area contributed by atoms with Crippen LogP contribution >= 0.6 is 11.7 Å². The second-order valence-corrected chi connectivity index (χ2v) is 6.13. The van der Waals surface area contributed by atoms with E-state index in [1.54, 1.807) is 6.20 Å². The summed E-state index contributed by atoms with van der Waals surface area (Å²) in [6.07, 6.45) is -1.63. The topological polar surface area (TPSA) is 67.4 Å². The Bertz CT molecular complexity index is 716. The maximum absolute atomic E-state index is 12.3. The minimum absolute atomic E-state index is 0.0393. The number of hydrogen-bond acceptors (Lipinski definition) is 6. The Morgan fingerprint density at radius 1 is 1.32 bits per heavy atom. The summed E-state index contributed by atoms with van der Waals surface area (Å²) >= 11 is 1.14. The van der Waals surface area contributed by atoms with Crippen LogP contribution in [-0.2, 0) is 0 Å². The first-order valence-corrected chi connectivity index (χ1v) is 8.33. The van der Waals surface area contributed by atoms with Gasteiger partial charge in [0.25, 0.3) is 5.91 Å². The number of halogens is 3. The van der Waals surface area contributed by atoms with Crippen LogP contribution in [0.15, 0.2) is 30.5 Å². The van der Waals surface area contributed by atoms with Crippen molar-refractivity contribution < 1.29 is 22.7 Å². The van der Waals surface area contributed by atoms with Gasteiger partial charge in [-0.3, -0.25) is 4.79 Å². The number of benzene rings is 1. The normalized spacial score (nSPS) is 15.9. The monoisotopic (exact) mass is 372 g/mol. The lowest BCUT2D eigenvalue weighted by molar-refractivity contribution is -0.274. The van der Waals surface area contributed by atoms with Crippen molar-refractivity contribution in [2.45, 2.75) is 25.2 Å². The van der Waals surface area contributed by atoms with E-state index in [1.165, 1.54) is 12.1 Å². The molecule has 0 atom stereocenters. The van der Waals surface area contributed by atoms with Crippen molar-refractivity contribution in [1.82, 2.24) is 14.1 Å². The van der Waals surface area contributed by atoms with Crippen LogP contribution in [0.25, 0.3) is 0 Å². The van der Waals surface area contributed by atoms with Gasteiger partial charge in [0.2, 0.25) is 0 Å². The SMILES string of the molecule is O=C(NC1CCN(c2cnsn2)CC1)c1cccc(OC(F)(F)F)c1. The van der Waals surface area contributed by atoms with Gasteiger partial charge in [-0.15, -0.1) is 13.2 Å². The average Bonchev–Trinajstić information content (AvgIpc) is 3.08. The molecule has 0 radical (unpaired) electrons. The summed E-state index contributed by atoms with van der Waals surface area (Å²) in [5.74, 6) is -0.000761. The van der Waals surface area contributed by atoms with E-state index < -0.39 is 18.0 Å². The Morgan fingerprint density at radius 3 is 2.72 bits per heavy atom. The van der Waals surface area contributed by atoms with Crippen LogP contribution < -0.4 is 15.0 Å². The van der Waals surface area contributed by atoms with Gasteiger partial charge >= 0.3 is 6.36 Å². The summed E-state index contributed by atoms with van der Waals surface area (Å²) in [4.78, 5) is 14.3. The number of nitrogens with zero attached hydrogens (tertiary/aromatic N) is 3. The van der Waals surface area contributed by atoms with E-state index in [0.717, 1.165) is 55.6 Å². The molecule has 10 heteroatoms. The van der Waals surface area contributed by atoms with Gasteiger partial charge in [-0.1, -0.05) is 6.07 Å². The van der Waals surface area contributed by atoms with Crippen LogP contribution in [-0.4, -0.2) is 40.1 Å². The molecular formula is C15H15F3N4O2S. The zero-order chi connectivity index (χ0) is 17.9. The number of aromatic nitrogens is 2. The van der Waals surface area contributed by atoms with Gasteiger partial charge in [0.1, 0.15) is 5.75 Å². The van der Waals surface area contributed by atoms with E-state index in [2.05, 4.69) is 23.7 Å². The van der Waals surface area contributed by atoms with Gasteiger partial charge in [-0.25, -0.2) is 0 Å². The molecule has 0 aliphatic carbocycles. The quantitative estimate of drug-likeness (QED) is 0.894. The highest BCUT2D eigenvalue weighted by Gasteiger charge is 2.31. The predicted octanol–water partition coefficient (Wildman–Crippen LogP) is 2.84. The Morgan fingerprint density at radius 2 is 2.08 bits per heavy atom. The summed E-state index contributed by atoms with van der Waals surface area (Å²) in [6.45, 7) is 1.46. The van der Waals surface area contributed by atoms with Crippen molar-refractivity contribution in [1.29, 1.82) is 0 Å². The molecule has 0 unspecified atom stereocenters. The molecule has 0 spiro atoms. The molecule has 0 bridgehead atoms. The van der Waals surface area contributed by atoms with E-state index in [9.17, 15) is 18.0 Å². The van der Waals surface area contributed by atoms with Gasteiger partial charge in [0.15, 0.2) is 5.82 Å². The van der Waals surface area contributed by atoms with E-state index in [4.69, 9.17) is 0 Å². The molecule has 1 aliphatic rings. The number of nitrogens with one attached hydrogen (secondary N) is 1. The lowest BCUT2D eigenvalue weighted by atomic mass is 10.0. The molecule has 0 saturated carbocycles. The van der Waals surface area contributed by atoms with Crippen molar-refractivity contribution in [2.75, 3.05) is 18.0 Å². The highest BCUT2D eigenvalue weighted by atomic mass is 32.1. The van der Waals surface area contributed by atoms with E-state index in [-0.39, 0.29) is 11.6 Å². The number of rotatable bonds is 4. The number of anilines is 1. The van der Waals surface area contributed by atoms with Crippen molar-refractivity contribution in [3.8, 4) is 5.75 Å². The standard InChI is InChI=1S/C15H15F3N4O2S/c16-15(17,18)24-12-3-1-2-10(8-12)14(23)20-11-4-6-22(7-5-11)13-9-19-25-21-13/h1-3,8-9,11H,4-7H2,(H,20,23). The Kier molecular flexibility index (Phi) is 5.07. The van der Waals surface area contributed by atoms with Gasteiger partial charge in [-0.2, -0.15) is 8.75 Å². The molecule has 1 amide bonds. The first-order chi connectivity index (χ1) is 11.9. The van der Waals surface area contributed by atoms with Crippen molar-refractivity contribution >= 4 is 23.5 Å². The maximum Gasteiger partial charge on any atom is 0.573 e. The number of amides is 1. The van der Waals surface area contributed by atoms with Crippen molar-refractivity contribution in [3.63, 3.8) is 0 Å². The second kappa shape index (κ2) is 7.26. The molecule has 1 fully saturated rings. The molecule has 2 heterocycles. The molecule has 1 saturated heterocycles. The third-order valence-electron chi connectivity index (χ3n) is 3.83. The second-order valence-electron chi connectivity index (χ2n) is 5.58. The average molecular weight is 372 g/mol. The van der Waals surface area contributed by atoms with Crippen LogP contribution in [0.3, 0.4) is 0 Å². The molecule has 1 N–H and O–H groups in total. The number of carbonyl (C=O) groups is 1. The summed E-state index contributed by atoms with van der Waals surface area (Å²) in [5.41, 5.74) is 0.132. The van der Waals surface area contributed by atoms with Crippen LogP contribution in [0.5, 0.6) is 5.75 Å². The van der Waals surface area contributed by atoms with Crippen LogP contribution in [0.4, 0.5) is 19.0 Å². The number of hydrogen-bond donors (Lipinski definition) is 1. The predicted molar refractivity (Wildman–Crippen MR) is 85.7 cm³/mol. The lowest BCUT2D eigenvalue weighted by Crippen LogP contribution is -2.44. The molecule has 1 aliphatic heterocycles. The molecule has 3 rings (SSSR count). The highest BCUT2D eigenvalue weighted by Crippen LogP contribution is 2.24. The van der Waals surface area contributed by atoms with E-state index >= 15 is 0 Å². The fourth-order valence-electron chi connectivity index (χ4n) is 2.66. The third kappa shape index (κ3) is 4.81. The minimum Gasteiger partial charge on any atom is -0.406 e. The largest absolute Gasteiger partial charge is 0.573 e. The Hall–Kier alpha value is -2.36. The van der Waals surface area contributed by atoms with Gasteiger partial charge in [0, 0.05) is 24.7 Å². The van der Waals surface area contributed by atoms with Gasteiger partial charge in [-0.05, 0) is 31.0 Å².